The van der Waals surface area contributed by atoms with E-state index in [0.29, 0.717) is 18.4 Å². The van der Waals surface area contributed by atoms with Crippen LogP contribution in [0, 0.1) is 11.8 Å². The van der Waals surface area contributed by atoms with E-state index in [0.717, 1.165) is 75.9 Å². The fourth-order valence-corrected chi connectivity index (χ4v) is 5.45. The molecule has 1 saturated carbocycles. The molecule has 3 fully saturated rings. The van der Waals surface area contributed by atoms with Crippen molar-refractivity contribution in [2.75, 3.05) is 26.2 Å². The molecule has 2 amide bonds. The van der Waals surface area contributed by atoms with Gasteiger partial charge in [0.1, 0.15) is 5.52 Å². The number of carbonyl (C=O) groups is 2. The van der Waals surface area contributed by atoms with Crippen molar-refractivity contribution in [3.05, 3.63) is 23.7 Å². The van der Waals surface area contributed by atoms with Gasteiger partial charge in [-0.05, 0) is 45.1 Å². The first-order chi connectivity index (χ1) is 15.1. The lowest BCUT2D eigenvalue weighted by Gasteiger charge is -2.37. The number of hydrogen-bond acceptors (Lipinski definition) is 5. The molecule has 4 heterocycles. The van der Waals surface area contributed by atoms with E-state index >= 15 is 0 Å². The fourth-order valence-electron chi connectivity index (χ4n) is 5.45. The van der Waals surface area contributed by atoms with Crippen LogP contribution in [0.25, 0.3) is 11.2 Å². The number of fused-ring (bicyclic) bond motifs is 1. The lowest BCUT2D eigenvalue weighted by atomic mass is 9.83. The van der Waals surface area contributed by atoms with Crippen LogP contribution in [0.5, 0.6) is 0 Å². The van der Waals surface area contributed by atoms with Crippen molar-refractivity contribution in [1.82, 2.24) is 24.8 Å². The molecule has 5 rings (SSSR count). The third-order valence-corrected chi connectivity index (χ3v) is 7.52. The van der Waals surface area contributed by atoms with Gasteiger partial charge in [-0.25, -0.2) is 4.98 Å². The van der Waals surface area contributed by atoms with Crippen molar-refractivity contribution >= 4 is 23.0 Å². The predicted molar refractivity (Wildman–Crippen MR) is 117 cm³/mol. The number of carbonyl (C=O) groups excluding carboxylic acids is 2. The second-order valence-corrected chi connectivity index (χ2v) is 9.47. The molecular weight excluding hydrogens is 392 g/mol. The van der Waals surface area contributed by atoms with Gasteiger partial charge in [0.2, 0.25) is 11.8 Å². The zero-order valence-electron chi connectivity index (χ0n) is 18.1. The van der Waals surface area contributed by atoms with Gasteiger partial charge in [-0.15, -0.1) is 0 Å². The number of primary amides is 1. The molecule has 3 N–H and O–H groups in total. The number of piperidine rings is 2. The summed E-state index contributed by atoms with van der Waals surface area (Å²) in [6.07, 6.45) is 10.6. The molecule has 0 radical (unpaired) electrons. The monoisotopic (exact) mass is 424 g/mol. The Morgan fingerprint density at radius 3 is 2.45 bits per heavy atom. The lowest BCUT2D eigenvalue weighted by Crippen LogP contribution is -2.43. The summed E-state index contributed by atoms with van der Waals surface area (Å²) in [6, 6.07) is 0. The number of aromatic nitrogens is 3. The average Bonchev–Trinajstić information content (AvgIpc) is 3.11. The van der Waals surface area contributed by atoms with E-state index in [-0.39, 0.29) is 17.7 Å². The SMILES string of the molecule is NC(=O)C1CCCN(Cc2c(C3CCN(C(=O)C4CCC4)CC3)[nH]c3nccnc23)C1. The largest absolute Gasteiger partial charge is 0.369 e. The fraction of sp³-hybridized carbons (Fsp3) is 0.652. The standard InChI is InChI=1S/C23H32N6O2/c24-21(30)17-5-2-10-28(13-17)14-18-19(27-22-20(18)25-8-9-26-22)15-6-11-29(12-7-15)23(31)16-3-1-4-16/h8-9,15-17H,1-7,10-14H2,(H2,24,30)(H,26,27). The summed E-state index contributed by atoms with van der Waals surface area (Å²) in [4.78, 5) is 41.4. The zero-order valence-corrected chi connectivity index (χ0v) is 18.1. The molecule has 0 aromatic carbocycles. The van der Waals surface area contributed by atoms with Crippen LogP contribution in [0.15, 0.2) is 12.4 Å². The molecular formula is C23H32N6O2. The van der Waals surface area contributed by atoms with Crippen LogP contribution in [-0.2, 0) is 16.1 Å². The normalized spacial score (nSPS) is 23.7. The Bertz CT molecular complexity index is 960. The van der Waals surface area contributed by atoms with E-state index in [1.165, 1.54) is 17.7 Å². The molecule has 2 aliphatic heterocycles. The van der Waals surface area contributed by atoms with Crippen LogP contribution in [-0.4, -0.2) is 62.7 Å². The van der Waals surface area contributed by atoms with Crippen LogP contribution in [0.1, 0.15) is 62.1 Å². The summed E-state index contributed by atoms with van der Waals surface area (Å²) in [5.74, 6) is 0.719. The van der Waals surface area contributed by atoms with Crippen molar-refractivity contribution in [3.63, 3.8) is 0 Å². The highest BCUT2D eigenvalue weighted by molar-refractivity contribution is 5.80. The van der Waals surface area contributed by atoms with Crippen LogP contribution >= 0.6 is 0 Å². The van der Waals surface area contributed by atoms with Gasteiger partial charge in [-0.2, -0.15) is 0 Å². The smallest absolute Gasteiger partial charge is 0.225 e. The Morgan fingerprint density at radius 1 is 1.00 bits per heavy atom. The maximum Gasteiger partial charge on any atom is 0.225 e. The summed E-state index contributed by atoms with van der Waals surface area (Å²) in [7, 11) is 0. The number of nitrogens with zero attached hydrogens (tertiary/aromatic N) is 4. The number of rotatable bonds is 5. The number of nitrogens with one attached hydrogen (secondary N) is 1. The van der Waals surface area contributed by atoms with Crippen molar-refractivity contribution < 1.29 is 9.59 Å². The molecule has 31 heavy (non-hydrogen) atoms. The van der Waals surface area contributed by atoms with Gasteiger partial charge in [0, 0.05) is 61.7 Å². The first-order valence-corrected chi connectivity index (χ1v) is 11.7. The van der Waals surface area contributed by atoms with E-state index in [9.17, 15) is 9.59 Å². The van der Waals surface area contributed by atoms with Crippen molar-refractivity contribution in [2.24, 2.45) is 17.6 Å². The van der Waals surface area contributed by atoms with E-state index in [2.05, 4.69) is 24.8 Å². The topological polar surface area (TPSA) is 108 Å². The van der Waals surface area contributed by atoms with Crippen molar-refractivity contribution in [1.29, 1.82) is 0 Å². The second-order valence-electron chi connectivity index (χ2n) is 9.47. The number of H-pyrrole nitrogens is 1. The number of amides is 2. The molecule has 1 atom stereocenters. The summed E-state index contributed by atoms with van der Waals surface area (Å²) >= 11 is 0. The molecule has 3 aliphatic rings. The molecule has 0 spiro atoms. The predicted octanol–water partition coefficient (Wildman–Crippen LogP) is 2.16. The van der Waals surface area contributed by atoms with E-state index in [1.807, 2.05) is 0 Å². The molecule has 2 saturated heterocycles. The highest BCUT2D eigenvalue weighted by Gasteiger charge is 2.34. The zero-order chi connectivity index (χ0) is 21.4. The lowest BCUT2D eigenvalue weighted by molar-refractivity contribution is -0.139. The minimum absolute atomic E-state index is 0.0748. The molecule has 0 bridgehead atoms. The number of hydrogen-bond donors (Lipinski definition) is 2. The molecule has 166 valence electrons. The summed E-state index contributed by atoms with van der Waals surface area (Å²) in [6.45, 7) is 4.06. The second kappa shape index (κ2) is 8.57. The first kappa shape index (κ1) is 20.4. The Labute approximate surface area is 182 Å². The van der Waals surface area contributed by atoms with Gasteiger partial charge in [0.05, 0.1) is 5.92 Å². The van der Waals surface area contributed by atoms with Gasteiger partial charge < -0.3 is 15.6 Å². The van der Waals surface area contributed by atoms with Crippen LogP contribution < -0.4 is 5.73 Å². The molecule has 2 aromatic rings. The molecule has 8 nitrogen and oxygen atoms in total. The van der Waals surface area contributed by atoms with Crippen molar-refractivity contribution in [3.8, 4) is 0 Å². The summed E-state index contributed by atoms with van der Waals surface area (Å²) in [5.41, 5.74) is 9.73. The molecule has 2 aromatic heterocycles. The Kier molecular flexibility index (Phi) is 5.65. The third kappa shape index (κ3) is 4.05. The molecule has 1 aliphatic carbocycles. The van der Waals surface area contributed by atoms with Crippen LogP contribution in [0.2, 0.25) is 0 Å². The van der Waals surface area contributed by atoms with Gasteiger partial charge in [-0.3, -0.25) is 19.5 Å². The van der Waals surface area contributed by atoms with E-state index in [4.69, 9.17) is 5.73 Å². The average molecular weight is 425 g/mol. The minimum atomic E-state index is -0.202. The molecule has 1 unspecified atom stereocenters. The third-order valence-electron chi connectivity index (χ3n) is 7.52. The van der Waals surface area contributed by atoms with Crippen molar-refractivity contribution in [2.45, 2.75) is 57.4 Å². The van der Waals surface area contributed by atoms with E-state index in [1.54, 1.807) is 12.4 Å². The van der Waals surface area contributed by atoms with Crippen LogP contribution in [0.4, 0.5) is 0 Å². The maximum absolute atomic E-state index is 12.6. The molecule has 8 heteroatoms. The Balaban J connectivity index is 1.34. The highest BCUT2D eigenvalue weighted by atomic mass is 16.2. The van der Waals surface area contributed by atoms with Gasteiger partial charge >= 0.3 is 0 Å². The Hall–Kier alpha value is -2.48. The Morgan fingerprint density at radius 2 is 1.74 bits per heavy atom. The van der Waals surface area contributed by atoms with Crippen LogP contribution in [0.3, 0.4) is 0 Å². The number of aromatic amines is 1. The maximum atomic E-state index is 12.6. The highest BCUT2D eigenvalue weighted by Crippen LogP contribution is 2.36. The number of nitrogens with two attached hydrogens (primary N) is 1. The number of likely N-dealkylation sites (tertiary alicyclic amines) is 2. The minimum Gasteiger partial charge on any atom is -0.369 e. The first-order valence-electron chi connectivity index (χ1n) is 11.7. The van der Waals surface area contributed by atoms with E-state index < -0.39 is 0 Å². The summed E-state index contributed by atoms with van der Waals surface area (Å²) in [5, 5.41) is 0. The van der Waals surface area contributed by atoms with Gasteiger partial charge in [0.15, 0.2) is 5.65 Å². The summed E-state index contributed by atoms with van der Waals surface area (Å²) < 4.78 is 0. The quantitative estimate of drug-likeness (QED) is 0.765. The van der Waals surface area contributed by atoms with Gasteiger partial charge in [-0.1, -0.05) is 6.42 Å². The van der Waals surface area contributed by atoms with Gasteiger partial charge in [0.25, 0.3) is 0 Å².